The zero-order valence-corrected chi connectivity index (χ0v) is 18.1. The summed E-state index contributed by atoms with van der Waals surface area (Å²) >= 11 is 0. The summed E-state index contributed by atoms with van der Waals surface area (Å²) in [4.78, 5) is 32.2. The molecule has 0 saturated carbocycles. The van der Waals surface area contributed by atoms with Crippen molar-refractivity contribution in [1.29, 1.82) is 0 Å². The number of benzene rings is 2. The molecule has 0 atom stereocenters. The molecule has 0 saturated heterocycles. The van der Waals surface area contributed by atoms with E-state index in [-0.39, 0.29) is 18.1 Å². The van der Waals surface area contributed by atoms with E-state index in [0.29, 0.717) is 34.0 Å². The normalized spacial score (nSPS) is 13.5. The maximum atomic E-state index is 13.4. The van der Waals surface area contributed by atoms with Gasteiger partial charge in [0, 0.05) is 30.1 Å². The van der Waals surface area contributed by atoms with Crippen LogP contribution < -0.4 is 14.8 Å². The van der Waals surface area contributed by atoms with E-state index in [1.54, 1.807) is 50.7 Å². The number of imide groups is 1. The maximum Gasteiger partial charge on any atom is 0.278 e. The molecule has 3 aromatic rings. The second-order valence-electron chi connectivity index (χ2n) is 7.36. The zero-order chi connectivity index (χ0) is 22.7. The number of anilines is 1. The Kier molecular flexibility index (Phi) is 5.89. The van der Waals surface area contributed by atoms with Gasteiger partial charge in [0.2, 0.25) is 0 Å². The molecule has 0 fully saturated rings. The van der Waals surface area contributed by atoms with Crippen LogP contribution >= 0.6 is 0 Å². The number of hydrogen-bond acceptors (Lipinski definition) is 6. The lowest BCUT2D eigenvalue weighted by Gasteiger charge is -2.15. The van der Waals surface area contributed by atoms with E-state index in [0.717, 1.165) is 5.56 Å². The maximum absolute atomic E-state index is 13.4. The summed E-state index contributed by atoms with van der Waals surface area (Å²) in [5.41, 5.74) is 3.43. The van der Waals surface area contributed by atoms with Gasteiger partial charge in [0.15, 0.2) is 0 Å². The van der Waals surface area contributed by atoms with E-state index in [2.05, 4.69) is 10.3 Å². The molecular weight excluding hydrogens is 406 g/mol. The number of pyridine rings is 1. The van der Waals surface area contributed by atoms with E-state index >= 15 is 0 Å². The van der Waals surface area contributed by atoms with Crippen molar-refractivity contribution in [3.05, 3.63) is 89.4 Å². The fraction of sp³-hybridized carbons (Fsp3) is 0.160. The van der Waals surface area contributed by atoms with Gasteiger partial charge in [-0.25, -0.2) is 0 Å². The summed E-state index contributed by atoms with van der Waals surface area (Å²) in [6.07, 6.45) is 1.64. The predicted molar refractivity (Wildman–Crippen MR) is 121 cm³/mol. The highest BCUT2D eigenvalue weighted by Gasteiger charge is 2.39. The third-order valence-corrected chi connectivity index (χ3v) is 5.18. The molecule has 0 unspecified atom stereocenters. The number of methoxy groups -OCH3 is 2. The number of nitrogens with one attached hydrogen (secondary N) is 1. The molecule has 1 aromatic heterocycles. The van der Waals surface area contributed by atoms with Gasteiger partial charge in [-0.15, -0.1) is 0 Å². The van der Waals surface area contributed by atoms with E-state index in [1.165, 1.54) is 4.90 Å². The molecule has 0 radical (unpaired) electrons. The molecule has 2 aromatic carbocycles. The molecule has 2 amide bonds. The molecule has 0 aliphatic carbocycles. The lowest BCUT2D eigenvalue weighted by atomic mass is 10.0. The molecular formula is C25H23N3O4. The van der Waals surface area contributed by atoms with Crippen LogP contribution in [0.25, 0.3) is 5.57 Å². The average Bonchev–Trinajstić information content (AvgIpc) is 3.04. The van der Waals surface area contributed by atoms with Crippen LogP contribution in [-0.2, 0) is 16.1 Å². The Labute approximate surface area is 186 Å². The van der Waals surface area contributed by atoms with Crippen LogP contribution in [0.1, 0.15) is 16.8 Å². The first-order chi connectivity index (χ1) is 15.5. The van der Waals surface area contributed by atoms with Gasteiger partial charge in [0.25, 0.3) is 11.8 Å². The molecule has 0 spiro atoms. The number of aryl methyl sites for hydroxylation is 1. The third kappa shape index (κ3) is 4.18. The highest BCUT2D eigenvalue weighted by atomic mass is 16.5. The van der Waals surface area contributed by atoms with Gasteiger partial charge in [-0.2, -0.15) is 0 Å². The minimum Gasteiger partial charge on any atom is -0.497 e. The summed E-state index contributed by atoms with van der Waals surface area (Å²) in [5.74, 6) is 0.331. The monoisotopic (exact) mass is 429 g/mol. The predicted octanol–water partition coefficient (Wildman–Crippen LogP) is 3.80. The van der Waals surface area contributed by atoms with Gasteiger partial charge in [0.05, 0.1) is 32.0 Å². The lowest BCUT2D eigenvalue weighted by Crippen LogP contribution is -2.32. The van der Waals surface area contributed by atoms with Crippen molar-refractivity contribution in [2.75, 3.05) is 19.5 Å². The minimum atomic E-state index is -0.419. The van der Waals surface area contributed by atoms with Crippen molar-refractivity contribution in [2.45, 2.75) is 13.5 Å². The van der Waals surface area contributed by atoms with Crippen molar-refractivity contribution >= 4 is 23.1 Å². The molecule has 1 aliphatic rings. The van der Waals surface area contributed by atoms with E-state index in [1.807, 2.05) is 37.3 Å². The first-order valence-corrected chi connectivity index (χ1v) is 10.1. The Hall–Kier alpha value is -4.13. The van der Waals surface area contributed by atoms with Crippen LogP contribution in [0.3, 0.4) is 0 Å². The molecule has 7 nitrogen and oxygen atoms in total. The van der Waals surface area contributed by atoms with Crippen LogP contribution in [0.2, 0.25) is 0 Å². The number of rotatable bonds is 7. The van der Waals surface area contributed by atoms with Crippen LogP contribution in [-0.4, -0.2) is 35.9 Å². The molecule has 1 N–H and O–H groups in total. The smallest absolute Gasteiger partial charge is 0.278 e. The van der Waals surface area contributed by atoms with Crippen molar-refractivity contribution in [3.8, 4) is 11.5 Å². The first-order valence-electron chi connectivity index (χ1n) is 10.1. The van der Waals surface area contributed by atoms with E-state index < -0.39 is 5.91 Å². The van der Waals surface area contributed by atoms with Crippen molar-refractivity contribution in [1.82, 2.24) is 9.88 Å². The Balaban J connectivity index is 1.76. The topological polar surface area (TPSA) is 80.8 Å². The largest absolute Gasteiger partial charge is 0.497 e. The SMILES string of the molecule is COc1cc(NC2=C(c3ccc(C)cc3)C(=O)N(Cc3ccccn3)C2=O)cc(OC)c1. The minimum absolute atomic E-state index is 0.0838. The van der Waals surface area contributed by atoms with Gasteiger partial charge in [-0.1, -0.05) is 35.9 Å². The molecule has 32 heavy (non-hydrogen) atoms. The van der Waals surface area contributed by atoms with Crippen molar-refractivity contribution < 1.29 is 19.1 Å². The number of ether oxygens (including phenoxy) is 2. The summed E-state index contributed by atoms with van der Waals surface area (Å²) < 4.78 is 10.7. The zero-order valence-electron chi connectivity index (χ0n) is 18.1. The molecule has 162 valence electrons. The van der Waals surface area contributed by atoms with Gasteiger partial charge < -0.3 is 14.8 Å². The molecule has 0 bridgehead atoms. The van der Waals surface area contributed by atoms with Crippen molar-refractivity contribution in [2.24, 2.45) is 0 Å². The second kappa shape index (κ2) is 8.93. The Morgan fingerprint density at radius 3 is 2.19 bits per heavy atom. The van der Waals surface area contributed by atoms with Crippen LogP contribution in [0, 0.1) is 6.92 Å². The number of nitrogens with zero attached hydrogens (tertiary/aromatic N) is 2. The molecule has 2 heterocycles. The number of amides is 2. The van der Waals surface area contributed by atoms with Crippen molar-refractivity contribution in [3.63, 3.8) is 0 Å². The van der Waals surface area contributed by atoms with Gasteiger partial charge in [-0.05, 0) is 24.6 Å². The quantitative estimate of drug-likeness (QED) is 0.576. The third-order valence-electron chi connectivity index (χ3n) is 5.18. The number of carbonyl (C=O) groups excluding carboxylic acids is 2. The molecule has 1 aliphatic heterocycles. The lowest BCUT2D eigenvalue weighted by molar-refractivity contribution is -0.137. The van der Waals surface area contributed by atoms with Crippen LogP contribution in [0.5, 0.6) is 11.5 Å². The van der Waals surface area contributed by atoms with Gasteiger partial charge in [0.1, 0.15) is 17.2 Å². The van der Waals surface area contributed by atoms with Crippen LogP contribution in [0.15, 0.2) is 72.6 Å². The van der Waals surface area contributed by atoms with E-state index in [4.69, 9.17) is 9.47 Å². The summed E-state index contributed by atoms with van der Waals surface area (Å²) in [6.45, 7) is 2.05. The number of aromatic nitrogens is 1. The second-order valence-corrected chi connectivity index (χ2v) is 7.36. The van der Waals surface area contributed by atoms with E-state index in [9.17, 15) is 9.59 Å². The number of hydrogen-bond donors (Lipinski definition) is 1. The molecule has 4 rings (SSSR count). The fourth-order valence-corrected chi connectivity index (χ4v) is 3.50. The Bertz CT molecular complexity index is 1170. The average molecular weight is 429 g/mol. The first kappa shape index (κ1) is 21.1. The summed E-state index contributed by atoms with van der Waals surface area (Å²) in [7, 11) is 3.10. The molecule has 7 heteroatoms. The summed E-state index contributed by atoms with van der Waals surface area (Å²) in [5, 5.41) is 3.14. The van der Waals surface area contributed by atoms with Crippen LogP contribution in [0.4, 0.5) is 5.69 Å². The van der Waals surface area contributed by atoms with Gasteiger partial charge >= 0.3 is 0 Å². The van der Waals surface area contributed by atoms with Gasteiger partial charge in [-0.3, -0.25) is 19.5 Å². The highest BCUT2D eigenvalue weighted by molar-refractivity contribution is 6.36. The Morgan fingerprint density at radius 1 is 0.906 bits per heavy atom. The fourth-order valence-electron chi connectivity index (χ4n) is 3.50. The summed E-state index contributed by atoms with van der Waals surface area (Å²) in [6, 6.07) is 18.1. The standard InChI is InChI=1S/C25H23N3O4/c1-16-7-9-17(10-8-16)22-23(27-19-12-20(31-2)14-21(13-19)32-3)25(30)28(24(22)29)15-18-6-4-5-11-26-18/h4-14,27H,15H2,1-3H3. The highest BCUT2D eigenvalue weighted by Crippen LogP contribution is 2.33. The number of carbonyl (C=O) groups is 2. The Morgan fingerprint density at radius 2 is 1.59 bits per heavy atom.